The summed E-state index contributed by atoms with van der Waals surface area (Å²) in [5, 5.41) is 11.2. The van der Waals surface area contributed by atoms with E-state index in [2.05, 4.69) is 27.3 Å². The Labute approximate surface area is 80.0 Å². The van der Waals surface area contributed by atoms with Crippen molar-refractivity contribution < 1.29 is 0 Å². The number of nitrogens with one attached hydrogen (secondary N) is 1. The Hall–Kier alpha value is -1.23. The Morgan fingerprint density at radius 2 is 2.38 bits per heavy atom. The molecule has 2 heterocycles. The summed E-state index contributed by atoms with van der Waals surface area (Å²) in [7, 11) is 0. The molecule has 2 rings (SSSR count). The maximum absolute atomic E-state index is 4.42. The Morgan fingerprint density at radius 1 is 1.54 bits per heavy atom. The Kier molecular flexibility index (Phi) is 2.10. The van der Waals surface area contributed by atoms with Crippen molar-refractivity contribution in [2.24, 2.45) is 0 Å². The van der Waals surface area contributed by atoms with E-state index < -0.39 is 0 Å². The first kappa shape index (κ1) is 8.37. The Morgan fingerprint density at radius 3 is 2.92 bits per heavy atom. The number of rotatable bonds is 2. The quantitative estimate of drug-likeness (QED) is 0.793. The van der Waals surface area contributed by atoms with Gasteiger partial charge in [0, 0.05) is 4.88 Å². The summed E-state index contributed by atoms with van der Waals surface area (Å²) in [5.41, 5.74) is 1.93. The lowest BCUT2D eigenvalue weighted by molar-refractivity contribution is 0.941. The van der Waals surface area contributed by atoms with E-state index in [0.717, 1.165) is 22.8 Å². The number of hydrogen-bond acceptors (Lipinski definition) is 4. The number of nitrogens with zero attached hydrogens (tertiary/aromatic N) is 3. The maximum Gasteiger partial charge on any atom is 0.145 e. The minimum absolute atomic E-state index is 0.827. The Bertz CT molecular complexity index is 390. The fraction of sp³-hybridized carbons (Fsp3) is 0.375. The highest BCUT2D eigenvalue weighted by Crippen LogP contribution is 2.25. The highest BCUT2D eigenvalue weighted by Gasteiger charge is 2.09. The molecule has 0 fully saturated rings. The molecule has 13 heavy (non-hydrogen) atoms. The molecule has 0 saturated carbocycles. The fourth-order valence-corrected chi connectivity index (χ4v) is 2.13. The fourth-order valence-electron chi connectivity index (χ4n) is 1.17. The van der Waals surface area contributed by atoms with Gasteiger partial charge in [0.25, 0.3) is 0 Å². The Balaban J connectivity index is 2.43. The van der Waals surface area contributed by atoms with Crippen LogP contribution in [0.2, 0.25) is 0 Å². The molecular weight excluding hydrogens is 184 g/mol. The minimum Gasteiger partial charge on any atom is -0.265 e. The first-order valence-electron chi connectivity index (χ1n) is 4.14. The summed E-state index contributed by atoms with van der Waals surface area (Å²) >= 11 is 1.68. The molecule has 0 atom stereocenters. The molecule has 0 aromatic carbocycles. The molecular formula is C8H10N4S. The summed E-state index contributed by atoms with van der Waals surface area (Å²) in [5.74, 6) is 0. The van der Waals surface area contributed by atoms with Gasteiger partial charge in [0.15, 0.2) is 0 Å². The largest absolute Gasteiger partial charge is 0.265 e. The van der Waals surface area contributed by atoms with Crippen molar-refractivity contribution >= 4 is 11.3 Å². The third-order valence-electron chi connectivity index (χ3n) is 1.85. The second-order valence-corrected chi connectivity index (χ2v) is 3.82. The van der Waals surface area contributed by atoms with Gasteiger partial charge in [-0.15, -0.1) is 16.4 Å². The van der Waals surface area contributed by atoms with Crippen LogP contribution in [0.1, 0.15) is 17.5 Å². The number of hydrogen-bond donors (Lipinski definition) is 1. The molecule has 0 aliphatic rings. The average molecular weight is 194 g/mol. The van der Waals surface area contributed by atoms with Crippen molar-refractivity contribution in [2.75, 3.05) is 0 Å². The molecule has 0 amide bonds. The van der Waals surface area contributed by atoms with E-state index in [0.29, 0.717) is 0 Å². The van der Waals surface area contributed by atoms with Crippen molar-refractivity contribution in [2.45, 2.75) is 20.3 Å². The van der Waals surface area contributed by atoms with Gasteiger partial charge in [0.2, 0.25) is 0 Å². The number of aromatic nitrogens is 4. The normalized spacial score (nSPS) is 10.6. The van der Waals surface area contributed by atoms with Crippen LogP contribution in [0.4, 0.5) is 0 Å². The maximum atomic E-state index is 4.42. The predicted molar refractivity (Wildman–Crippen MR) is 51.6 cm³/mol. The third-order valence-corrected chi connectivity index (χ3v) is 3.17. The monoisotopic (exact) mass is 194 g/mol. The zero-order valence-corrected chi connectivity index (χ0v) is 8.35. The van der Waals surface area contributed by atoms with E-state index in [1.165, 1.54) is 4.88 Å². The van der Waals surface area contributed by atoms with E-state index in [1.807, 2.05) is 6.92 Å². The van der Waals surface area contributed by atoms with Crippen LogP contribution in [0.3, 0.4) is 0 Å². The topological polar surface area (TPSA) is 54.5 Å². The first-order valence-corrected chi connectivity index (χ1v) is 4.96. The molecule has 4 nitrogen and oxygen atoms in total. The van der Waals surface area contributed by atoms with E-state index >= 15 is 0 Å². The van der Waals surface area contributed by atoms with Gasteiger partial charge in [-0.1, -0.05) is 12.1 Å². The predicted octanol–water partition coefficient (Wildman–Crippen LogP) is 1.80. The molecule has 68 valence electrons. The highest BCUT2D eigenvalue weighted by molar-refractivity contribution is 7.15. The lowest BCUT2D eigenvalue weighted by Crippen LogP contribution is -1.78. The SMILES string of the molecule is CCc1sc(-c2c[nH]nn2)nc1C. The van der Waals surface area contributed by atoms with Gasteiger partial charge in [-0.3, -0.25) is 5.10 Å². The number of H-pyrrole nitrogens is 1. The van der Waals surface area contributed by atoms with Crippen LogP contribution in [0.5, 0.6) is 0 Å². The van der Waals surface area contributed by atoms with Crippen molar-refractivity contribution in [1.29, 1.82) is 0 Å². The summed E-state index contributed by atoms with van der Waals surface area (Å²) in [6.45, 7) is 4.16. The molecule has 0 radical (unpaired) electrons. The smallest absolute Gasteiger partial charge is 0.145 e. The summed E-state index contributed by atoms with van der Waals surface area (Å²) < 4.78 is 0. The van der Waals surface area contributed by atoms with Gasteiger partial charge in [-0.05, 0) is 13.3 Å². The highest BCUT2D eigenvalue weighted by atomic mass is 32.1. The minimum atomic E-state index is 0.827. The van der Waals surface area contributed by atoms with Gasteiger partial charge in [0.05, 0.1) is 11.9 Å². The second-order valence-electron chi connectivity index (χ2n) is 2.74. The summed E-state index contributed by atoms with van der Waals surface area (Å²) in [6.07, 6.45) is 2.79. The first-order chi connectivity index (χ1) is 6.31. The number of aryl methyl sites for hydroxylation is 2. The summed E-state index contributed by atoms with van der Waals surface area (Å²) in [4.78, 5) is 5.74. The molecule has 2 aromatic rings. The molecule has 0 aliphatic carbocycles. The van der Waals surface area contributed by atoms with Crippen LogP contribution in [0.25, 0.3) is 10.7 Å². The van der Waals surface area contributed by atoms with Crippen LogP contribution >= 0.6 is 11.3 Å². The van der Waals surface area contributed by atoms with Crippen LogP contribution < -0.4 is 0 Å². The van der Waals surface area contributed by atoms with Gasteiger partial charge in [-0.25, -0.2) is 4.98 Å². The van der Waals surface area contributed by atoms with Gasteiger partial charge in [-0.2, -0.15) is 0 Å². The van der Waals surface area contributed by atoms with E-state index in [9.17, 15) is 0 Å². The molecule has 0 spiro atoms. The molecule has 2 aromatic heterocycles. The van der Waals surface area contributed by atoms with E-state index in [4.69, 9.17) is 0 Å². The second kappa shape index (κ2) is 3.26. The van der Waals surface area contributed by atoms with Gasteiger partial charge in [0.1, 0.15) is 10.7 Å². The van der Waals surface area contributed by atoms with Gasteiger partial charge < -0.3 is 0 Å². The zero-order chi connectivity index (χ0) is 9.26. The van der Waals surface area contributed by atoms with Crippen LogP contribution in [-0.4, -0.2) is 20.4 Å². The lowest BCUT2D eigenvalue weighted by atomic mass is 10.3. The lowest BCUT2D eigenvalue weighted by Gasteiger charge is -1.85. The van der Waals surface area contributed by atoms with Crippen LogP contribution in [0, 0.1) is 6.92 Å². The zero-order valence-electron chi connectivity index (χ0n) is 7.53. The van der Waals surface area contributed by atoms with Crippen molar-refractivity contribution in [1.82, 2.24) is 20.4 Å². The van der Waals surface area contributed by atoms with Crippen LogP contribution in [0.15, 0.2) is 6.20 Å². The molecule has 1 N–H and O–H groups in total. The van der Waals surface area contributed by atoms with E-state index in [1.54, 1.807) is 17.5 Å². The molecule has 0 saturated heterocycles. The molecule has 5 heteroatoms. The molecule has 0 bridgehead atoms. The van der Waals surface area contributed by atoms with Gasteiger partial charge >= 0.3 is 0 Å². The molecule has 0 aliphatic heterocycles. The summed E-state index contributed by atoms with van der Waals surface area (Å²) in [6, 6.07) is 0. The van der Waals surface area contributed by atoms with Crippen molar-refractivity contribution in [3.8, 4) is 10.7 Å². The van der Waals surface area contributed by atoms with Crippen LogP contribution in [-0.2, 0) is 6.42 Å². The average Bonchev–Trinajstić information content (AvgIpc) is 2.71. The number of thiazole rings is 1. The standard InChI is InChI=1S/C8H10N4S/c1-3-7-5(2)10-8(13-7)6-4-9-12-11-6/h4H,3H2,1-2H3,(H,9,11,12). The number of aromatic amines is 1. The van der Waals surface area contributed by atoms with Crippen molar-refractivity contribution in [3.05, 3.63) is 16.8 Å². The third kappa shape index (κ3) is 1.47. The van der Waals surface area contributed by atoms with Crippen molar-refractivity contribution in [3.63, 3.8) is 0 Å². The van der Waals surface area contributed by atoms with E-state index in [-0.39, 0.29) is 0 Å². The molecule has 0 unspecified atom stereocenters.